The average Bonchev–Trinajstić information content (AvgIpc) is 2.90. The smallest absolute Gasteiger partial charge is 0.358 e. The maximum atomic E-state index is 12.2. The number of rotatable bonds is 3. The lowest BCUT2D eigenvalue weighted by atomic mass is 10.2. The van der Waals surface area contributed by atoms with Crippen molar-refractivity contribution >= 4 is 5.97 Å². The van der Waals surface area contributed by atoms with Gasteiger partial charge in [0.15, 0.2) is 11.5 Å². The Balaban J connectivity index is 1.87. The molecule has 1 N–H and O–H groups in total. The third-order valence-electron chi connectivity index (χ3n) is 3.37. The number of aryl methyl sites for hydroxylation is 1. The molecule has 0 saturated heterocycles. The average molecular weight is 278 g/mol. The zero-order chi connectivity index (χ0) is 14.1. The summed E-state index contributed by atoms with van der Waals surface area (Å²) in [5, 5.41) is 16.5. The summed E-state index contributed by atoms with van der Waals surface area (Å²) in [6.45, 7) is 0.782. The molecule has 0 aromatic carbocycles. The summed E-state index contributed by atoms with van der Waals surface area (Å²) in [4.78, 5) is 22.9. The van der Waals surface area contributed by atoms with Crippen molar-refractivity contribution in [1.29, 1.82) is 0 Å². The maximum Gasteiger partial charge on any atom is 0.358 e. The minimum Gasteiger partial charge on any atom is -0.476 e. The van der Waals surface area contributed by atoms with E-state index in [9.17, 15) is 9.59 Å². The van der Waals surface area contributed by atoms with Crippen molar-refractivity contribution in [2.45, 2.75) is 38.8 Å². The molecule has 106 valence electrons. The number of nitrogens with zero attached hydrogens (tertiary/aromatic N) is 4. The van der Waals surface area contributed by atoms with E-state index >= 15 is 0 Å². The number of hydrogen-bond acceptors (Lipinski definition) is 5. The molecule has 1 aliphatic rings. The molecule has 8 nitrogen and oxygen atoms in total. The van der Waals surface area contributed by atoms with Gasteiger partial charge < -0.3 is 9.63 Å². The first-order valence-corrected chi connectivity index (χ1v) is 6.50. The molecule has 8 heteroatoms. The van der Waals surface area contributed by atoms with Crippen molar-refractivity contribution in [3.63, 3.8) is 0 Å². The van der Waals surface area contributed by atoms with Crippen LogP contribution in [0.5, 0.6) is 0 Å². The van der Waals surface area contributed by atoms with Gasteiger partial charge in [0.2, 0.25) is 0 Å². The largest absolute Gasteiger partial charge is 0.476 e. The van der Waals surface area contributed by atoms with Gasteiger partial charge in [-0.25, -0.2) is 14.3 Å². The van der Waals surface area contributed by atoms with E-state index in [4.69, 9.17) is 9.63 Å². The van der Waals surface area contributed by atoms with Crippen LogP contribution in [0.15, 0.2) is 15.4 Å². The fourth-order valence-electron chi connectivity index (χ4n) is 2.36. The second-order valence-corrected chi connectivity index (χ2v) is 4.80. The van der Waals surface area contributed by atoms with Gasteiger partial charge in [-0.2, -0.15) is 5.10 Å². The van der Waals surface area contributed by atoms with Crippen LogP contribution in [0.1, 0.15) is 41.3 Å². The van der Waals surface area contributed by atoms with E-state index < -0.39 is 5.97 Å². The first-order valence-electron chi connectivity index (χ1n) is 6.50. The quantitative estimate of drug-likeness (QED) is 0.877. The standard InChI is InChI=1S/C12H14N4O4/c17-11(18)9-6-8(20-14-9)7-16-12(19)15-5-3-1-2-4-10(15)13-16/h6H,1-5,7H2,(H,17,18). The van der Waals surface area contributed by atoms with Crippen molar-refractivity contribution in [1.82, 2.24) is 19.5 Å². The summed E-state index contributed by atoms with van der Waals surface area (Å²) in [7, 11) is 0. The van der Waals surface area contributed by atoms with E-state index in [0.717, 1.165) is 31.5 Å². The monoisotopic (exact) mass is 278 g/mol. The number of aromatic carboxylic acids is 1. The van der Waals surface area contributed by atoms with Crippen molar-refractivity contribution < 1.29 is 14.4 Å². The van der Waals surface area contributed by atoms with Crippen LogP contribution in [0.25, 0.3) is 0 Å². The topological polar surface area (TPSA) is 103 Å². The van der Waals surface area contributed by atoms with Gasteiger partial charge in [-0.15, -0.1) is 0 Å². The summed E-state index contributed by atoms with van der Waals surface area (Å²) in [5.74, 6) is -0.0730. The molecule has 0 spiro atoms. The maximum absolute atomic E-state index is 12.2. The van der Waals surface area contributed by atoms with Crippen LogP contribution in [0.2, 0.25) is 0 Å². The van der Waals surface area contributed by atoms with Crippen LogP contribution < -0.4 is 5.69 Å². The summed E-state index contributed by atoms with van der Waals surface area (Å²) >= 11 is 0. The van der Waals surface area contributed by atoms with Crippen molar-refractivity contribution in [3.8, 4) is 0 Å². The Morgan fingerprint density at radius 3 is 3.00 bits per heavy atom. The molecule has 20 heavy (non-hydrogen) atoms. The van der Waals surface area contributed by atoms with Gasteiger partial charge >= 0.3 is 11.7 Å². The zero-order valence-corrected chi connectivity index (χ0v) is 10.8. The van der Waals surface area contributed by atoms with Gasteiger partial charge in [0, 0.05) is 19.0 Å². The molecule has 1 aliphatic heterocycles. The molecule has 2 aromatic heterocycles. The molecule has 0 saturated carbocycles. The molecule has 0 bridgehead atoms. The van der Waals surface area contributed by atoms with Crippen LogP contribution in [-0.2, 0) is 19.5 Å². The van der Waals surface area contributed by atoms with Gasteiger partial charge in [0.25, 0.3) is 0 Å². The first kappa shape index (κ1) is 12.6. The molecule has 0 aliphatic carbocycles. The van der Waals surface area contributed by atoms with E-state index in [2.05, 4.69) is 10.3 Å². The van der Waals surface area contributed by atoms with Crippen LogP contribution in [0.4, 0.5) is 0 Å². The molecular formula is C12H14N4O4. The highest BCUT2D eigenvalue weighted by molar-refractivity contribution is 5.85. The van der Waals surface area contributed by atoms with Gasteiger partial charge in [-0.05, 0) is 12.8 Å². The van der Waals surface area contributed by atoms with E-state index in [-0.39, 0.29) is 17.9 Å². The Bertz CT molecular complexity index is 697. The second-order valence-electron chi connectivity index (χ2n) is 4.80. The molecule has 0 unspecified atom stereocenters. The summed E-state index contributed by atoms with van der Waals surface area (Å²) in [6.07, 6.45) is 3.90. The third kappa shape index (κ3) is 2.24. The second kappa shape index (κ2) is 4.95. The fraction of sp³-hybridized carbons (Fsp3) is 0.500. The minimum atomic E-state index is -1.16. The van der Waals surface area contributed by atoms with Crippen molar-refractivity contribution in [2.24, 2.45) is 0 Å². The predicted molar refractivity (Wildman–Crippen MR) is 66.6 cm³/mol. The highest BCUT2D eigenvalue weighted by Crippen LogP contribution is 2.11. The number of hydrogen-bond donors (Lipinski definition) is 1. The van der Waals surface area contributed by atoms with Crippen LogP contribution >= 0.6 is 0 Å². The van der Waals surface area contributed by atoms with Crippen molar-refractivity contribution in [2.75, 3.05) is 0 Å². The molecular weight excluding hydrogens is 264 g/mol. The normalized spacial score (nSPS) is 14.8. The van der Waals surface area contributed by atoms with Crippen LogP contribution in [0, 0.1) is 0 Å². The minimum absolute atomic E-state index is 0.0963. The van der Waals surface area contributed by atoms with Crippen LogP contribution in [0.3, 0.4) is 0 Å². The van der Waals surface area contributed by atoms with Crippen molar-refractivity contribution in [3.05, 3.63) is 33.8 Å². The fourth-order valence-corrected chi connectivity index (χ4v) is 2.36. The number of carbonyl (C=O) groups is 1. The van der Waals surface area contributed by atoms with Gasteiger partial charge in [0.1, 0.15) is 12.4 Å². The van der Waals surface area contributed by atoms with Gasteiger partial charge in [0.05, 0.1) is 0 Å². The Kier molecular flexibility index (Phi) is 3.13. The molecule has 0 amide bonds. The first-order chi connectivity index (χ1) is 9.65. The number of carboxylic acids is 1. The molecule has 3 rings (SSSR count). The Morgan fingerprint density at radius 1 is 1.40 bits per heavy atom. The highest BCUT2D eigenvalue weighted by Gasteiger charge is 2.17. The zero-order valence-electron chi connectivity index (χ0n) is 10.8. The number of carboxylic acid groups (broad SMARTS) is 1. The summed E-state index contributed by atoms with van der Waals surface area (Å²) in [6, 6.07) is 1.30. The Morgan fingerprint density at radius 2 is 2.25 bits per heavy atom. The van der Waals surface area contributed by atoms with E-state index in [1.54, 1.807) is 4.57 Å². The van der Waals surface area contributed by atoms with Crippen LogP contribution in [-0.4, -0.2) is 30.6 Å². The molecule has 0 atom stereocenters. The number of fused-ring (bicyclic) bond motifs is 1. The van der Waals surface area contributed by atoms with E-state index in [1.165, 1.54) is 10.7 Å². The lowest BCUT2D eigenvalue weighted by Crippen LogP contribution is -2.25. The lowest BCUT2D eigenvalue weighted by Gasteiger charge is -1.97. The lowest BCUT2D eigenvalue weighted by molar-refractivity contribution is 0.0685. The van der Waals surface area contributed by atoms with Gasteiger partial charge in [-0.1, -0.05) is 11.6 Å². The third-order valence-corrected chi connectivity index (χ3v) is 3.37. The molecule has 2 aromatic rings. The van der Waals surface area contributed by atoms with E-state index in [1.807, 2.05) is 0 Å². The molecule has 0 radical (unpaired) electrons. The predicted octanol–water partition coefficient (Wildman–Crippen LogP) is 0.506. The van der Waals surface area contributed by atoms with Gasteiger partial charge in [-0.3, -0.25) is 4.57 Å². The van der Waals surface area contributed by atoms with E-state index in [0.29, 0.717) is 12.3 Å². The highest BCUT2D eigenvalue weighted by atomic mass is 16.5. The molecule has 3 heterocycles. The summed E-state index contributed by atoms with van der Waals surface area (Å²) < 4.78 is 7.88. The Labute approximate surface area is 113 Å². The summed E-state index contributed by atoms with van der Waals surface area (Å²) in [5.41, 5.74) is -0.357. The number of aromatic nitrogens is 4. The SMILES string of the molecule is O=C(O)c1cc(Cn2nc3n(c2=O)CCCCC3)on1. The Hall–Kier alpha value is -2.38. The molecule has 0 fully saturated rings.